The Labute approximate surface area is 109 Å². The molecule has 0 aliphatic heterocycles. The number of hydrogen-bond acceptors (Lipinski definition) is 3. The van der Waals surface area contributed by atoms with Crippen LogP contribution in [0.4, 0.5) is 0 Å². The van der Waals surface area contributed by atoms with Crippen molar-refractivity contribution in [3.63, 3.8) is 0 Å². The van der Waals surface area contributed by atoms with E-state index >= 15 is 0 Å². The van der Waals surface area contributed by atoms with Crippen molar-refractivity contribution >= 4 is 10.0 Å². The van der Waals surface area contributed by atoms with E-state index in [9.17, 15) is 8.42 Å². The molecule has 18 heavy (non-hydrogen) atoms. The van der Waals surface area contributed by atoms with Gasteiger partial charge in [-0.15, -0.1) is 0 Å². The Balaban J connectivity index is 2.71. The van der Waals surface area contributed by atoms with Gasteiger partial charge >= 0.3 is 0 Å². The fourth-order valence-electron chi connectivity index (χ4n) is 1.32. The molecule has 0 aliphatic carbocycles. The first-order chi connectivity index (χ1) is 8.16. The second-order valence-corrected chi connectivity index (χ2v) is 7.45. The summed E-state index contributed by atoms with van der Waals surface area (Å²) in [4.78, 5) is 3.08. The topological polar surface area (TPSA) is 88.0 Å². The Kier molecular flexibility index (Phi) is 4.58. The maximum absolute atomic E-state index is 12.0. The average molecular weight is 273 g/mol. The predicted octanol–water partition coefficient (Wildman–Crippen LogP) is 1.43. The molecule has 1 heterocycles. The number of aromatic amines is 1. The van der Waals surface area contributed by atoms with Gasteiger partial charge in [0.15, 0.2) is 0 Å². The first kappa shape index (κ1) is 15.2. The first-order valence-electron chi connectivity index (χ1n) is 6.04. The number of rotatable bonds is 5. The predicted molar refractivity (Wildman–Crippen MR) is 72.5 cm³/mol. The van der Waals surface area contributed by atoms with Gasteiger partial charge in [-0.3, -0.25) is 0 Å². The Hall–Kier alpha value is -0.850. The SMILES string of the molecule is CC(CNS(=O)(=O)c1c[nH]c(CN)c1)C(C)(C)C. The summed E-state index contributed by atoms with van der Waals surface area (Å²) in [6.45, 7) is 9.03. The molecule has 0 aromatic carbocycles. The molecule has 6 heteroatoms. The second-order valence-electron chi connectivity index (χ2n) is 5.68. The zero-order valence-corrected chi connectivity index (χ0v) is 12.3. The molecular formula is C12H23N3O2S. The van der Waals surface area contributed by atoms with Crippen LogP contribution in [0.1, 0.15) is 33.4 Å². The van der Waals surface area contributed by atoms with Gasteiger partial charge in [-0.05, 0) is 17.4 Å². The van der Waals surface area contributed by atoms with Crippen LogP contribution in [-0.4, -0.2) is 19.9 Å². The van der Waals surface area contributed by atoms with E-state index in [1.54, 1.807) is 6.07 Å². The molecule has 0 fully saturated rings. The standard InChI is InChI=1S/C12H23N3O2S/c1-9(12(2,3)4)7-15-18(16,17)11-5-10(6-13)14-8-11/h5,8-9,14-15H,6-7,13H2,1-4H3. The van der Waals surface area contributed by atoms with Crippen LogP contribution >= 0.6 is 0 Å². The Bertz CT molecular complexity index is 486. The molecule has 0 bridgehead atoms. The quantitative estimate of drug-likeness (QED) is 0.758. The highest BCUT2D eigenvalue weighted by molar-refractivity contribution is 7.89. The van der Waals surface area contributed by atoms with Gasteiger partial charge in [-0.1, -0.05) is 27.7 Å². The fraction of sp³-hybridized carbons (Fsp3) is 0.667. The maximum Gasteiger partial charge on any atom is 0.242 e. The van der Waals surface area contributed by atoms with E-state index < -0.39 is 10.0 Å². The van der Waals surface area contributed by atoms with Gasteiger partial charge in [0.1, 0.15) is 0 Å². The van der Waals surface area contributed by atoms with Crippen LogP contribution in [0.15, 0.2) is 17.2 Å². The van der Waals surface area contributed by atoms with Crippen molar-refractivity contribution in [2.75, 3.05) is 6.54 Å². The fourth-order valence-corrected chi connectivity index (χ4v) is 2.46. The average Bonchev–Trinajstić information content (AvgIpc) is 2.73. The number of sulfonamides is 1. The van der Waals surface area contributed by atoms with Crippen LogP contribution in [0.25, 0.3) is 0 Å². The van der Waals surface area contributed by atoms with Crippen molar-refractivity contribution in [1.82, 2.24) is 9.71 Å². The van der Waals surface area contributed by atoms with Gasteiger partial charge in [0.2, 0.25) is 10.0 Å². The molecule has 4 N–H and O–H groups in total. The van der Waals surface area contributed by atoms with E-state index in [-0.39, 0.29) is 16.2 Å². The van der Waals surface area contributed by atoms with Gasteiger partial charge in [0, 0.05) is 25.0 Å². The Morgan fingerprint density at radius 1 is 1.44 bits per heavy atom. The summed E-state index contributed by atoms with van der Waals surface area (Å²) in [6, 6.07) is 1.56. The molecule has 1 aromatic heterocycles. The van der Waals surface area contributed by atoms with Crippen molar-refractivity contribution in [1.29, 1.82) is 0 Å². The molecule has 104 valence electrons. The van der Waals surface area contributed by atoms with Crippen LogP contribution < -0.4 is 10.5 Å². The number of nitrogens with two attached hydrogens (primary N) is 1. The maximum atomic E-state index is 12.0. The lowest BCUT2D eigenvalue weighted by Gasteiger charge is -2.27. The van der Waals surface area contributed by atoms with Crippen molar-refractivity contribution in [3.05, 3.63) is 18.0 Å². The van der Waals surface area contributed by atoms with Crippen LogP contribution in [-0.2, 0) is 16.6 Å². The van der Waals surface area contributed by atoms with Crippen LogP contribution in [0, 0.1) is 11.3 Å². The molecule has 1 aromatic rings. The monoisotopic (exact) mass is 273 g/mol. The van der Waals surface area contributed by atoms with Crippen molar-refractivity contribution in [2.45, 2.75) is 39.1 Å². The van der Waals surface area contributed by atoms with Crippen molar-refractivity contribution in [3.8, 4) is 0 Å². The van der Waals surface area contributed by atoms with E-state index in [1.165, 1.54) is 6.20 Å². The second kappa shape index (κ2) is 5.42. The molecule has 0 spiro atoms. The van der Waals surface area contributed by atoms with E-state index in [1.807, 2.05) is 6.92 Å². The summed E-state index contributed by atoms with van der Waals surface area (Å²) in [5.41, 5.74) is 6.22. The van der Waals surface area contributed by atoms with Gasteiger partial charge in [-0.2, -0.15) is 0 Å². The minimum atomic E-state index is -3.44. The summed E-state index contributed by atoms with van der Waals surface area (Å²) in [7, 11) is -3.44. The lowest BCUT2D eigenvalue weighted by molar-refractivity contribution is 0.263. The first-order valence-corrected chi connectivity index (χ1v) is 7.52. The summed E-state index contributed by atoms with van der Waals surface area (Å²) in [6.07, 6.45) is 1.46. The van der Waals surface area contributed by atoms with Crippen molar-refractivity contribution in [2.24, 2.45) is 17.1 Å². The molecular weight excluding hydrogens is 250 g/mol. The highest BCUT2D eigenvalue weighted by Gasteiger charge is 2.23. The minimum absolute atomic E-state index is 0.0725. The highest BCUT2D eigenvalue weighted by Crippen LogP contribution is 2.24. The van der Waals surface area contributed by atoms with Gasteiger partial charge in [0.05, 0.1) is 4.90 Å². The van der Waals surface area contributed by atoms with Crippen LogP contribution in [0.5, 0.6) is 0 Å². The third-order valence-corrected chi connectivity index (χ3v) is 4.71. The molecule has 0 aliphatic rings. The summed E-state index contributed by atoms with van der Waals surface area (Å²) in [5.74, 6) is 0.250. The number of aromatic nitrogens is 1. The van der Waals surface area contributed by atoms with Gasteiger partial charge in [0.25, 0.3) is 0 Å². The molecule has 1 atom stereocenters. The molecule has 0 amide bonds. The van der Waals surface area contributed by atoms with E-state index in [4.69, 9.17) is 5.73 Å². The highest BCUT2D eigenvalue weighted by atomic mass is 32.2. The zero-order chi connectivity index (χ0) is 14.0. The van der Waals surface area contributed by atoms with Gasteiger partial charge in [-0.25, -0.2) is 13.1 Å². The number of H-pyrrole nitrogens is 1. The number of nitrogens with one attached hydrogen (secondary N) is 2. The summed E-state index contributed by atoms with van der Waals surface area (Å²) in [5, 5.41) is 0. The third kappa shape index (κ3) is 3.83. The molecule has 5 nitrogen and oxygen atoms in total. The lowest BCUT2D eigenvalue weighted by Crippen LogP contribution is -2.33. The van der Waals surface area contributed by atoms with E-state index in [0.29, 0.717) is 18.8 Å². The Morgan fingerprint density at radius 2 is 2.06 bits per heavy atom. The van der Waals surface area contributed by atoms with Crippen LogP contribution in [0.3, 0.4) is 0 Å². The van der Waals surface area contributed by atoms with Crippen molar-refractivity contribution < 1.29 is 8.42 Å². The molecule has 1 rings (SSSR count). The Morgan fingerprint density at radius 3 is 2.50 bits per heavy atom. The van der Waals surface area contributed by atoms with E-state index in [0.717, 1.165) is 0 Å². The normalized spacial score (nSPS) is 14.7. The molecule has 0 saturated heterocycles. The van der Waals surface area contributed by atoms with E-state index in [2.05, 4.69) is 30.5 Å². The molecule has 0 radical (unpaired) electrons. The largest absolute Gasteiger partial charge is 0.363 e. The van der Waals surface area contributed by atoms with Crippen LogP contribution in [0.2, 0.25) is 0 Å². The minimum Gasteiger partial charge on any atom is -0.363 e. The molecule has 1 unspecified atom stereocenters. The van der Waals surface area contributed by atoms with Gasteiger partial charge < -0.3 is 10.7 Å². The smallest absolute Gasteiger partial charge is 0.242 e. The summed E-state index contributed by atoms with van der Waals surface area (Å²) >= 11 is 0. The molecule has 0 saturated carbocycles. The number of hydrogen-bond donors (Lipinski definition) is 3. The summed E-state index contributed by atoms with van der Waals surface area (Å²) < 4.78 is 26.7. The zero-order valence-electron chi connectivity index (χ0n) is 11.4. The third-order valence-electron chi connectivity index (χ3n) is 3.30. The lowest BCUT2D eigenvalue weighted by atomic mass is 9.82.